The molecular formula is C27H27ClF2N2O4. The van der Waals surface area contributed by atoms with Gasteiger partial charge in [0.15, 0.2) is 11.6 Å². The number of nitrogens with zero attached hydrogens (tertiary/aromatic N) is 2. The Balaban J connectivity index is 1.60. The van der Waals surface area contributed by atoms with E-state index < -0.39 is 23.5 Å². The molecule has 2 aromatic carbocycles. The minimum Gasteiger partial charge on any atom is -0.481 e. The Morgan fingerprint density at radius 1 is 0.972 bits per heavy atom. The summed E-state index contributed by atoms with van der Waals surface area (Å²) < 4.78 is 27.6. The zero-order valence-corrected chi connectivity index (χ0v) is 20.4. The average Bonchev–Trinajstić information content (AvgIpc) is 3.29. The molecule has 0 unspecified atom stereocenters. The third kappa shape index (κ3) is 4.36. The van der Waals surface area contributed by atoms with Crippen LogP contribution in [0.3, 0.4) is 0 Å². The van der Waals surface area contributed by atoms with Gasteiger partial charge in [-0.15, -0.1) is 0 Å². The normalized spacial score (nSPS) is 23.0. The van der Waals surface area contributed by atoms with Gasteiger partial charge in [0.1, 0.15) is 0 Å². The molecule has 0 radical (unpaired) electrons. The van der Waals surface area contributed by atoms with Crippen molar-refractivity contribution in [3.05, 3.63) is 64.2 Å². The molecule has 3 aliphatic rings. The van der Waals surface area contributed by atoms with Gasteiger partial charge in [-0.3, -0.25) is 14.4 Å². The highest BCUT2D eigenvalue weighted by molar-refractivity contribution is 6.31. The predicted molar refractivity (Wildman–Crippen MR) is 130 cm³/mol. The van der Waals surface area contributed by atoms with E-state index in [1.165, 1.54) is 6.07 Å². The number of carboxylic acid groups (broad SMARTS) is 1. The number of halogens is 3. The molecule has 2 amide bonds. The van der Waals surface area contributed by atoms with Crippen molar-refractivity contribution in [3.63, 3.8) is 0 Å². The number of hydrogen-bond acceptors (Lipinski definition) is 3. The van der Waals surface area contributed by atoms with Gasteiger partial charge in [0, 0.05) is 35.0 Å². The molecule has 1 heterocycles. The van der Waals surface area contributed by atoms with E-state index in [0.29, 0.717) is 17.1 Å². The molecule has 3 atom stereocenters. The first-order chi connectivity index (χ1) is 17.3. The van der Waals surface area contributed by atoms with E-state index in [4.69, 9.17) is 16.7 Å². The Morgan fingerprint density at radius 3 is 2.39 bits per heavy atom. The van der Waals surface area contributed by atoms with Gasteiger partial charge in [0.2, 0.25) is 5.91 Å². The van der Waals surface area contributed by atoms with Crippen LogP contribution in [-0.2, 0) is 9.59 Å². The first kappa shape index (κ1) is 24.7. The summed E-state index contributed by atoms with van der Waals surface area (Å²) in [5.74, 6) is -3.84. The lowest BCUT2D eigenvalue weighted by Crippen LogP contribution is -2.55. The zero-order valence-electron chi connectivity index (χ0n) is 19.6. The second kappa shape index (κ2) is 9.81. The van der Waals surface area contributed by atoms with Crippen LogP contribution < -0.4 is 4.90 Å². The van der Waals surface area contributed by atoms with Crippen LogP contribution in [0.4, 0.5) is 14.5 Å². The summed E-state index contributed by atoms with van der Waals surface area (Å²) in [5, 5.41) is 9.58. The third-order valence-electron chi connectivity index (χ3n) is 7.83. The summed E-state index contributed by atoms with van der Waals surface area (Å²) in [5.41, 5.74) is 1.37. The van der Waals surface area contributed by atoms with Gasteiger partial charge in [-0.05, 0) is 68.0 Å². The van der Waals surface area contributed by atoms with Crippen LogP contribution in [-0.4, -0.2) is 39.9 Å². The van der Waals surface area contributed by atoms with E-state index >= 15 is 0 Å². The first-order valence-electron chi connectivity index (χ1n) is 12.4. The molecule has 6 nitrogen and oxygen atoms in total. The Bertz CT molecular complexity index is 1220. The molecule has 9 heteroatoms. The summed E-state index contributed by atoms with van der Waals surface area (Å²) in [7, 11) is 0. The average molecular weight is 517 g/mol. The second-order valence-corrected chi connectivity index (χ2v) is 10.3. The van der Waals surface area contributed by atoms with Crippen molar-refractivity contribution >= 4 is 35.1 Å². The third-order valence-corrected chi connectivity index (χ3v) is 8.07. The number of anilines is 1. The van der Waals surface area contributed by atoms with E-state index in [2.05, 4.69) is 0 Å². The van der Waals surface area contributed by atoms with Crippen LogP contribution in [0, 0.1) is 17.6 Å². The fraction of sp³-hybridized carbons (Fsp3) is 0.444. The fourth-order valence-corrected chi connectivity index (χ4v) is 6.19. The van der Waals surface area contributed by atoms with Crippen LogP contribution in [0.15, 0.2) is 36.4 Å². The number of benzene rings is 2. The molecule has 2 fully saturated rings. The first-order valence-corrected chi connectivity index (χ1v) is 12.7. The lowest BCUT2D eigenvalue weighted by atomic mass is 9.78. The summed E-state index contributed by atoms with van der Waals surface area (Å²) in [4.78, 5) is 41.9. The van der Waals surface area contributed by atoms with E-state index in [9.17, 15) is 23.2 Å². The molecule has 1 N–H and O–H groups in total. The summed E-state index contributed by atoms with van der Waals surface area (Å²) in [6.07, 6.45) is 4.72. The zero-order chi connectivity index (χ0) is 25.6. The quantitative estimate of drug-likeness (QED) is 0.531. The van der Waals surface area contributed by atoms with Gasteiger partial charge in [-0.2, -0.15) is 0 Å². The fourth-order valence-electron chi connectivity index (χ4n) is 6.02. The maximum atomic E-state index is 14.0. The van der Waals surface area contributed by atoms with Crippen LogP contribution in [0.25, 0.3) is 0 Å². The SMILES string of the molecule is O=C(O)CCC(=O)N(C1CCC1)[C@H]1c2ccc(Cl)cc2N(C(=O)c2ccc(F)c(F)c2)[C@@H]2CCC[C@@H]21. The summed E-state index contributed by atoms with van der Waals surface area (Å²) >= 11 is 6.36. The van der Waals surface area contributed by atoms with E-state index in [1.54, 1.807) is 17.0 Å². The van der Waals surface area contributed by atoms with Crippen molar-refractivity contribution in [1.29, 1.82) is 0 Å². The highest BCUT2D eigenvalue weighted by Gasteiger charge is 2.50. The molecule has 190 valence electrons. The Kier molecular flexibility index (Phi) is 6.72. The second-order valence-electron chi connectivity index (χ2n) is 9.89. The number of fused-ring (bicyclic) bond motifs is 2. The molecule has 0 spiro atoms. The Morgan fingerprint density at radius 2 is 1.72 bits per heavy atom. The predicted octanol–water partition coefficient (Wildman–Crippen LogP) is 5.73. The standard InChI is InChI=1S/C27H27ClF2N2O4/c28-16-8-9-19-23(14-16)32(27(36)15-7-10-20(29)21(30)13-15)22-6-2-5-18(22)26(19)31(17-3-1-4-17)24(33)11-12-25(34)35/h7-10,13-14,17-18,22,26H,1-6,11-12H2,(H,34,35)/t18-,22+,26+/m0/s1. The number of rotatable bonds is 6. The smallest absolute Gasteiger partial charge is 0.303 e. The molecule has 5 rings (SSSR count). The number of hydrogen-bond donors (Lipinski definition) is 1. The van der Waals surface area contributed by atoms with Crippen LogP contribution in [0.2, 0.25) is 5.02 Å². The summed E-state index contributed by atoms with van der Waals surface area (Å²) in [6, 6.07) is 7.83. The highest BCUT2D eigenvalue weighted by Crippen LogP contribution is 2.53. The van der Waals surface area contributed by atoms with Gasteiger partial charge in [-0.25, -0.2) is 8.78 Å². The van der Waals surface area contributed by atoms with Crippen LogP contribution >= 0.6 is 11.6 Å². The van der Waals surface area contributed by atoms with Gasteiger partial charge in [0.05, 0.1) is 18.2 Å². The lowest BCUT2D eigenvalue weighted by molar-refractivity contribution is -0.145. The molecule has 36 heavy (non-hydrogen) atoms. The molecule has 2 saturated carbocycles. The molecule has 2 aromatic rings. The highest BCUT2D eigenvalue weighted by atomic mass is 35.5. The van der Waals surface area contributed by atoms with Gasteiger partial charge in [0.25, 0.3) is 5.91 Å². The number of carboxylic acids is 1. The summed E-state index contributed by atoms with van der Waals surface area (Å²) in [6.45, 7) is 0. The minimum atomic E-state index is -1.09. The van der Waals surface area contributed by atoms with Gasteiger partial charge in [-0.1, -0.05) is 24.1 Å². The molecule has 1 aliphatic heterocycles. The van der Waals surface area contributed by atoms with Gasteiger partial charge >= 0.3 is 5.97 Å². The van der Waals surface area contributed by atoms with Crippen molar-refractivity contribution < 1.29 is 28.3 Å². The minimum absolute atomic E-state index is 0.0227. The number of carbonyl (C=O) groups excluding carboxylic acids is 2. The molecule has 2 aliphatic carbocycles. The number of aliphatic carboxylic acids is 1. The van der Waals surface area contributed by atoms with Crippen molar-refractivity contribution in [2.45, 2.75) is 69.5 Å². The van der Waals surface area contributed by atoms with E-state index in [0.717, 1.165) is 49.8 Å². The largest absolute Gasteiger partial charge is 0.481 e. The van der Waals surface area contributed by atoms with E-state index in [-0.39, 0.29) is 48.4 Å². The lowest BCUT2D eigenvalue weighted by Gasteiger charge is -2.51. The molecule has 0 saturated heterocycles. The Labute approximate surface area is 212 Å². The number of carbonyl (C=O) groups is 3. The molecule has 0 aromatic heterocycles. The van der Waals surface area contributed by atoms with Crippen molar-refractivity contribution in [3.8, 4) is 0 Å². The van der Waals surface area contributed by atoms with Crippen molar-refractivity contribution in [2.75, 3.05) is 4.90 Å². The van der Waals surface area contributed by atoms with E-state index in [1.807, 2.05) is 11.0 Å². The van der Waals surface area contributed by atoms with Crippen LogP contribution in [0.5, 0.6) is 0 Å². The number of amides is 2. The Hall–Kier alpha value is -3.00. The molecule has 0 bridgehead atoms. The molecular weight excluding hydrogens is 490 g/mol. The maximum Gasteiger partial charge on any atom is 0.303 e. The van der Waals surface area contributed by atoms with Crippen LogP contribution in [0.1, 0.15) is 73.3 Å². The van der Waals surface area contributed by atoms with Gasteiger partial charge < -0.3 is 14.9 Å². The maximum absolute atomic E-state index is 14.0. The monoisotopic (exact) mass is 516 g/mol. The van der Waals surface area contributed by atoms with Crippen molar-refractivity contribution in [2.24, 2.45) is 5.92 Å². The van der Waals surface area contributed by atoms with Crippen molar-refractivity contribution in [1.82, 2.24) is 4.90 Å². The topological polar surface area (TPSA) is 77.9 Å².